The van der Waals surface area contributed by atoms with Crippen molar-refractivity contribution in [3.8, 4) is 0 Å². The number of aliphatic hydroxyl groups is 1. The normalized spacial score (nSPS) is 26.1. The molecule has 1 saturated heterocycles. The van der Waals surface area contributed by atoms with Crippen molar-refractivity contribution in [2.45, 2.75) is 31.2 Å². The van der Waals surface area contributed by atoms with Crippen molar-refractivity contribution in [2.24, 2.45) is 0 Å². The number of hydrogen-bond acceptors (Lipinski definition) is 7. The highest BCUT2D eigenvalue weighted by Gasteiger charge is 2.37. The third-order valence-corrected chi connectivity index (χ3v) is 6.23. The fraction of sp³-hybridized carbons (Fsp3) is 0.600. The van der Waals surface area contributed by atoms with E-state index in [1.165, 1.54) is 23.0 Å². The van der Waals surface area contributed by atoms with Crippen LogP contribution in [0.2, 0.25) is 5.15 Å². The van der Waals surface area contributed by atoms with E-state index >= 15 is 0 Å². The van der Waals surface area contributed by atoms with Gasteiger partial charge in [-0.2, -0.15) is 4.98 Å². The van der Waals surface area contributed by atoms with E-state index in [-0.39, 0.29) is 24.5 Å². The first-order valence-corrected chi connectivity index (χ1v) is 9.36. The van der Waals surface area contributed by atoms with Crippen LogP contribution in [0.4, 0.5) is 11.8 Å². The Labute approximate surface area is 154 Å². The third-order valence-electron chi connectivity index (χ3n) is 4.93. The number of hydrogen-bond donors (Lipinski definition) is 3. The highest BCUT2D eigenvalue weighted by Crippen LogP contribution is 2.40. The highest BCUT2D eigenvalue weighted by molar-refractivity contribution is 9.11. The van der Waals surface area contributed by atoms with Crippen molar-refractivity contribution in [3.63, 3.8) is 0 Å². The number of allylic oxidation sites excluding steroid dienone is 1. The van der Waals surface area contributed by atoms with E-state index in [0.717, 1.165) is 30.9 Å². The number of fused-ring (bicyclic) bond motifs is 2. The van der Waals surface area contributed by atoms with Gasteiger partial charge in [-0.15, -0.1) is 0 Å². The van der Waals surface area contributed by atoms with Crippen molar-refractivity contribution >= 4 is 39.3 Å². The number of nitrogens with two attached hydrogens (primary N) is 1. The molecule has 0 aliphatic carbocycles. The molecule has 2 atom stereocenters. The standard InChI is InChI=1S/C15H20BrClN6O/c16-12-9(21-23-4-2-1-3-10(12)23)6-22-5-8(7-24)11-13(17)19-15(18)20-14(11)22/h8-9,21,24H,1-7H2,(H2,18,19,20). The predicted octanol–water partition coefficient (Wildman–Crippen LogP) is 1.59. The average molecular weight is 416 g/mol. The Morgan fingerprint density at radius 2 is 2.21 bits per heavy atom. The number of anilines is 2. The topological polar surface area (TPSA) is 90.5 Å². The van der Waals surface area contributed by atoms with Gasteiger partial charge >= 0.3 is 0 Å². The molecular formula is C15H20BrClN6O. The second-order valence-electron chi connectivity index (χ2n) is 6.48. The Morgan fingerprint density at radius 1 is 1.38 bits per heavy atom. The zero-order chi connectivity index (χ0) is 16.8. The lowest BCUT2D eigenvalue weighted by Crippen LogP contribution is -2.45. The molecule has 1 aromatic heterocycles. The molecular weight excluding hydrogens is 396 g/mol. The Balaban J connectivity index is 1.60. The minimum Gasteiger partial charge on any atom is -0.396 e. The maximum atomic E-state index is 9.69. The molecule has 0 saturated carbocycles. The summed E-state index contributed by atoms with van der Waals surface area (Å²) in [4.78, 5) is 10.5. The molecule has 9 heteroatoms. The quantitative estimate of drug-likeness (QED) is 0.646. The van der Waals surface area contributed by atoms with Crippen molar-refractivity contribution in [1.29, 1.82) is 0 Å². The van der Waals surface area contributed by atoms with Crippen LogP contribution in [0.1, 0.15) is 30.7 Å². The zero-order valence-electron chi connectivity index (χ0n) is 13.2. The number of aromatic nitrogens is 2. The summed E-state index contributed by atoms with van der Waals surface area (Å²) in [6, 6.07) is 0.165. The molecule has 4 rings (SSSR count). The van der Waals surface area contributed by atoms with E-state index in [2.05, 4.69) is 41.2 Å². The molecule has 24 heavy (non-hydrogen) atoms. The summed E-state index contributed by atoms with van der Waals surface area (Å²) >= 11 is 10.0. The Kier molecular flexibility index (Phi) is 4.32. The van der Waals surface area contributed by atoms with Crippen LogP contribution in [0.15, 0.2) is 10.2 Å². The molecule has 0 radical (unpaired) electrons. The molecule has 130 valence electrons. The van der Waals surface area contributed by atoms with E-state index in [4.69, 9.17) is 17.3 Å². The van der Waals surface area contributed by atoms with Crippen molar-refractivity contribution in [2.75, 3.05) is 36.9 Å². The van der Waals surface area contributed by atoms with Gasteiger partial charge in [-0.05, 0) is 19.3 Å². The van der Waals surface area contributed by atoms with Crippen LogP contribution in [0.5, 0.6) is 0 Å². The molecule has 1 aromatic rings. The monoisotopic (exact) mass is 414 g/mol. The minimum absolute atomic E-state index is 0.0168. The molecule has 4 heterocycles. The molecule has 3 aliphatic rings. The number of hydrazine groups is 1. The van der Waals surface area contributed by atoms with E-state index in [1.807, 2.05) is 0 Å². The molecule has 2 unspecified atom stereocenters. The number of nitrogen functional groups attached to an aromatic ring is 1. The van der Waals surface area contributed by atoms with Gasteiger partial charge < -0.3 is 20.7 Å². The zero-order valence-corrected chi connectivity index (χ0v) is 15.5. The van der Waals surface area contributed by atoms with Gasteiger partial charge in [0.15, 0.2) is 0 Å². The fourth-order valence-corrected chi connectivity index (χ4v) is 4.79. The van der Waals surface area contributed by atoms with E-state index < -0.39 is 0 Å². The van der Waals surface area contributed by atoms with Gasteiger partial charge in [0.05, 0.1) is 12.6 Å². The van der Waals surface area contributed by atoms with Gasteiger partial charge in [0.25, 0.3) is 0 Å². The number of aliphatic hydroxyl groups excluding tert-OH is 1. The number of piperidine rings is 1. The van der Waals surface area contributed by atoms with Crippen LogP contribution in [-0.2, 0) is 0 Å². The second kappa shape index (κ2) is 6.33. The number of halogens is 2. The fourth-order valence-electron chi connectivity index (χ4n) is 3.80. The first-order chi connectivity index (χ1) is 11.6. The SMILES string of the molecule is Nc1nc(Cl)c2c(n1)N(CC1NN3CCCCC3=C1Br)CC2CO. The molecule has 4 N–H and O–H groups in total. The van der Waals surface area contributed by atoms with E-state index in [1.54, 1.807) is 0 Å². The van der Waals surface area contributed by atoms with Gasteiger partial charge in [-0.1, -0.05) is 27.5 Å². The smallest absolute Gasteiger partial charge is 0.223 e. The van der Waals surface area contributed by atoms with Crippen molar-refractivity contribution in [1.82, 2.24) is 20.4 Å². The minimum atomic E-state index is -0.0801. The Hall–Kier alpha value is -1.09. The molecule has 0 spiro atoms. The first-order valence-electron chi connectivity index (χ1n) is 8.19. The molecule has 0 amide bonds. The maximum absolute atomic E-state index is 9.69. The summed E-state index contributed by atoms with van der Waals surface area (Å²) in [6.07, 6.45) is 3.54. The van der Waals surface area contributed by atoms with Crippen LogP contribution < -0.4 is 16.1 Å². The van der Waals surface area contributed by atoms with Crippen LogP contribution in [0, 0.1) is 0 Å². The van der Waals surface area contributed by atoms with Crippen molar-refractivity contribution < 1.29 is 5.11 Å². The van der Waals surface area contributed by atoms with E-state index in [0.29, 0.717) is 11.7 Å². The second-order valence-corrected chi connectivity index (χ2v) is 7.69. The predicted molar refractivity (Wildman–Crippen MR) is 96.9 cm³/mol. The maximum Gasteiger partial charge on any atom is 0.223 e. The Bertz CT molecular complexity index is 699. The number of nitrogens with zero attached hydrogens (tertiary/aromatic N) is 4. The number of nitrogens with one attached hydrogen (secondary N) is 1. The lowest BCUT2D eigenvalue weighted by molar-refractivity contribution is 0.219. The Morgan fingerprint density at radius 3 is 2.96 bits per heavy atom. The van der Waals surface area contributed by atoms with Gasteiger partial charge in [-0.3, -0.25) is 0 Å². The summed E-state index contributed by atoms with van der Waals surface area (Å²) in [6.45, 7) is 2.45. The molecule has 3 aliphatic heterocycles. The van der Waals surface area contributed by atoms with E-state index in [9.17, 15) is 5.11 Å². The molecule has 1 fully saturated rings. The average Bonchev–Trinajstić information content (AvgIpc) is 3.07. The summed E-state index contributed by atoms with van der Waals surface area (Å²) in [5, 5.41) is 12.3. The van der Waals surface area contributed by atoms with Gasteiger partial charge in [0, 0.05) is 41.3 Å². The highest BCUT2D eigenvalue weighted by atomic mass is 79.9. The summed E-state index contributed by atoms with van der Waals surface area (Å²) < 4.78 is 1.21. The first kappa shape index (κ1) is 16.4. The van der Waals surface area contributed by atoms with Crippen LogP contribution in [-0.4, -0.2) is 52.4 Å². The summed E-state index contributed by atoms with van der Waals surface area (Å²) in [7, 11) is 0. The lowest BCUT2D eigenvalue weighted by atomic mass is 10.1. The summed E-state index contributed by atoms with van der Waals surface area (Å²) in [5.74, 6) is 0.823. The summed E-state index contributed by atoms with van der Waals surface area (Å²) in [5.41, 5.74) is 11.5. The number of rotatable bonds is 3. The largest absolute Gasteiger partial charge is 0.396 e. The third kappa shape index (κ3) is 2.65. The molecule has 0 bridgehead atoms. The van der Waals surface area contributed by atoms with Crippen LogP contribution in [0.25, 0.3) is 0 Å². The van der Waals surface area contributed by atoms with Gasteiger partial charge in [-0.25, -0.2) is 10.4 Å². The van der Waals surface area contributed by atoms with Crippen LogP contribution >= 0.6 is 27.5 Å². The molecule has 7 nitrogen and oxygen atoms in total. The molecule has 0 aromatic carbocycles. The van der Waals surface area contributed by atoms with Crippen molar-refractivity contribution in [3.05, 3.63) is 20.9 Å². The van der Waals surface area contributed by atoms with Crippen LogP contribution in [0.3, 0.4) is 0 Å². The van der Waals surface area contributed by atoms with Gasteiger partial charge in [0.2, 0.25) is 5.95 Å². The van der Waals surface area contributed by atoms with Gasteiger partial charge in [0.1, 0.15) is 11.0 Å². The lowest BCUT2D eigenvalue weighted by Gasteiger charge is -2.28.